The molecule has 3 aliphatic rings. The zero-order valence-electron chi connectivity index (χ0n) is 22.1. The smallest absolute Gasteiger partial charge is 0.435 e. The van der Waals surface area contributed by atoms with E-state index < -0.39 is 24.5 Å². The highest BCUT2D eigenvalue weighted by molar-refractivity contribution is 6.31. The molecule has 1 aromatic carbocycles. The molecule has 0 radical (unpaired) electrons. The van der Waals surface area contributed by atoms with E-state index in [4.69, 9.17) is 16.3 Å². The summed E-state index contributed by atoms with van der Waals surface area (Å²) >= 11 is 6.62. The number of ether oxygens (including phenoxy) is 1. The van der Waals surface area contributed by atoms with E-state index in [2.05, 4.69) is 17.2 Å². The van der Waals surface area contributed by atoms with Crippen molar-refractivity contribution in [1.29, 1.82) is 0 Å². The largest absolute Gasteiger partial charge is 0.487 e. The van der Waals surface area contributed by atoms with E-state index in [-0.39, 0.29) is 35.9 Å². The lowest BCUT2D eigenvalue weighted by atomic mass is 9.78. The van der Waals surface area contributed by atoms with Crippen molar-refractivity contribution in [2.24, 2.45) is 18.9 Å². The van der Waals surface area contributed by atoms with Crippen molar-refractivity contribution in [2.75, 3.05) is 19.6 Å². The van der Waals surface area contributed by atoms with Crippen LogP contribution in [0.1, 0.15) is 74.0 Å². The van der Waals surface area contributed by atoms with E-state index in [1.54, 1.807) is 17.0 Å². The van der Waals surface area contributed by atoms with E-state index >= 15 is 0 Å². The van der Waals surface area contributed by atoms with Crippen LogP contribution in [-0.2, 0) is 35.8 Å². The highest BCUT2D eigenvalue weighted by Crippen LogP contribution is 2.43. The van der Waals surface area contributed by atoms with Crippen LogP contribution in [0.4, 0.5) is 13.2 Å². The van der Waals surface area contributed by atoms with Gasteiger partial charge in [0.15, 0.2) is 5.69 Å². The van der Waals surface area contributed by atoms with Gasteiger partial charge in [-0.3, -0.25) is 9.59 Å². The van der Waals surface area contributed by atoms with Crippen LogP contribution in [0.2, 0.25) is 5.02 Å². The molecule has 8 nitrogen and oxygen atoms in total. The van der Waals surface area contributed by atoms with Gasteiger partial charge in [0, 0.05) is 49.6 Å². The molecule has 39 heavy (non-hydrogen) atoms. The Balaban J connectivity index is 1.51. The fourth-order valence-corrected chi connectivity index (χ4v) is 6.61. The molecule has 2 aromatic rings. The van der Waals surface area contributed by atoms with E-state index in [1.165, 1.54) is 7.05 Å². The molecule has 1 saturated heterocycles. The molecule has 2 fully saturated rings. The lowest BCUT2D eigenvalue weighted by Crippen LogP contribution is -2.49. The zero-order valence-corrected chi connectivity index (χ0v) is 22.9. The number of nitrogens with zero attached hydrogens (tertiary/aromatic N) is 5. The molecular weight excluding hydrogens is 535 g/mol. The van der Waals surface area contributed by atoms with Crippen molar-refractivity contribution in [2.45, 2.75) is 70.7 Å². The minimum absolute atomic E-state index is 0.0273. The lowest BCUT2D eigenvalue weighted by molar-refractivity contribution is -0.145. The van der Waals surface area contributed by atoms with Gasteiger partial charge in [0.25, 0.3) is 0 Å². The summed E-state index contributed by atoms with van der Waals surface area (Å²) < 4.78 is 47.5. The van der Waals surface area contributed by atoms with E-state index in [9.17, 15) is 22.8 Å². The van der Waals surface area contributed by atoms with Gasteiger partial charge in [-0.15, -0.1) is 5.10 Å². The highest BCUT2D eigenvalue weighted by Gasteiger charge is 2.42. The summed E-state index contributed by atoms with van der Waals surface area (Å²) in [6.45, 7) is 2.99. The number of fused-ring (bicyclic) bond motifs is 1. The zero-order chi connectivity index (χ0) is 27.9. The summed E-state index contributed by atoms with van der Waals surface area (Å²) in [7, 11) is 1.18. The summed E-state index contributed by atoms with van der Waals surface area (Å²) in [6, 6.07) is 2.77. The summed E-state index contributed by atoms with van der Waals surface area (Å²) in [5, 5.41) is 7.71. The van der Waals surface area contributed by atoms with Crippen LogP contribution < -0.4 is 4.74 Å². The van der Waals surface area contributed by atoms with Gasteiger partial charge in [0.1, 0.15) is 18.1 Å². The van der Waals surface area contributed by atoms with Crippen LogP contribution in [0.3, 0.4) is 0 Å². The average Bonchev–Trinajstić information content (AvgIpc) is 3.48. The van der Waals surface area contributed by atoms with Gasteiger partial charge in [-0.25, -0.2) is 4.68 Å². The third kappa shape index (κ3) is 5.47. The quantitative estimate of drug-likeness (QED) is 0.494. The van der Waals surface area contributed by atoms with Gasteiger partial charge < -0.3 is 14.5 Å². The number of carbonyl (C=O) groups excluding carboxylic acids is 2. The van der Waals surface area contributed by atoms with Crippen molar-refractivity contribution in [3.05, 3.63) is 39.7 Å². The number of hydrogen-bond acceptors (Lipinski definition) is 5. The third-order valence-corrected chi connectivity index (χ3v) is 8.73. The number of carbonyl (C=O) groups is 2. The molecule has 1 aromatic heterocycles. The molecule has 12 heteroatoms. The number of benzene rings is 1. The fraction of sp³-hybridized carbons (Fsp3) is 0.630. The van der Waals surface area contributed by atoms with Gasteiger partial charge in [-0.2, -0.15) is 13.2 Å². The Labute approximate surface area is 230 Å². The van der Waals surface area contributed by atoms with Crippen LogP contribution in [0.25, 0.3) is 0 Å². The Kier molecular flexibility index (Phi) is 7.81. The fourth-order valence-electron chi connectivity index (χ4n) is 6.35. The van der Waals surface area contributed by atoms with Crippen LogP contribution in [0, 0.1) is 11.8 Å². The number of aromatic nitrogens is 3. The van der Waals surface area contributed by atoms with Crippen molar-refractivity contribution >= 4 is 23.4 Å². The molecule has 1 aliphatic carbocycles. The SMILES string of the molecule is C[C@H]1CCCC[C@@H]1C(=O)N1CCc2c(Cl)ccc(OCc3nnn(C)c3C(F)(F)F)c2[C@H]1CN1CCCC1=O. The van der Waals surface area contributed by atoms with Gasteiger partial charge in [-0.05, 0) is 49.3 Å². The van der Waals surface area contributed by atoms with Gasteiger partial charge in [0.2, 0.25) is 11.8 Å². The van der Waals surface area contributed by atoms with E-state index in [0.717, 1.165) is 37.7 Å². The van der Waals surface area contributed by atoms with Gasteiger partial charge in [0.05, 0.1) is 6.04 Å². The average molecular weight is 568 g/mol. The van der Waals surface area contributed by atoms with Crippen LogP contribution in [-0.4, -0.2) is 56.2 Å². The normalized spacial score (nSPS) is 23.7. The van der Waals surface area contributed by atoms with Crippen molar-refractivity contribution < 1.29 is 27.5 Å². The summed E-state index contributed by atoms with van der Waals surface area (Å²) in [4.78, 5) is 30.2. The molecule has 5 rings (SSSR count). The maximum atomic E-state index is 14.0. The van der Waals surface area contributed by atoms with Gasteiger partial charge >= 0.3 is 6.18 Å². The van der Waals surface area contributed by atoms with Crippen molar-refractivity contribution in [3.8, 4) is 5.75 Å². The Morgan fingerprint density at radius 1 is 1.15 bits per heavy atom. The predicted octanol–water partition coefficient (Wildman–Crippen LogP) is 4.94. The lowest BCUT2D eigenvalue weighted by Gasteiger charge is -2.43. The van der Waals surface area contributed by atoms with E-state index in [1.807, 2.05) is 4.90 Å². The number of likely N-dealkylation sites (tertiary alicyclic amines) is 1. The van der Waals surface area contributed by atoms with E-state index in [0.29, 0.717) is 46.9 Å². The standard InChI is InChI=1S/C27H33ClF3N5O3/c1-16-6-3-4-7-17(16)26(38)36-13-11-18-19(28)9-10-22(24(18)21(36)14-35-12-5-8-23(35)37)39-15-20-25(27(29,30)31)34(2)33-32-20/h9-10,16-17,21H,3-8,11-15H2,1-2H3/t16-,17-,21+/m0/s1. The monoisotopic (exact) mass is 567 g/mol. The van der Waals surface area contributed by atoms with Crippen LogP contribution in [0.5, 0.6) is 5.75 Å². The number of hydrogen-bond donors (Lipinski definition) is 0. The number of amides is 2. The molecule has 2 amide bonds. The molecule has 0 bridgehead atoms. The first kappa shape index (κ1) is 27.7. The maximum absolute atomic E-state index is 14.0. The molecule has 3 atom stereocenters. The summed E-state index contributed by atoms with van der Waals surface area (Å²) in [5.74, 6) is 0.575. The molecular formula is C27H33ClF3N5O3. The Morgan fingerprint density at radius 2 is 1.92 bits per heavy atom. The molecule has 3 heterocycles. The molecule has 212 valence electrons. The third-order valence-electron chi connectivity index (χ3n) is 8.38. The Morgan fingerprint density at radius 3 is 2.62 bits per heavy atom. The Hall–Kier alpha value is -2.82. The topological polar surface area (TPSA) is 80.6 Å². The molecule has 0 spiro atoms. The second kappa shape index (κ2) is 11.0. The molecule has 0 unspecified atom stereocenters. The Bertz CT molecular complexity index is 1250. The molecule has 0 N–H and O–H groups in total. The number of rotatable bonds is 6. The van der Waals surface area contributed by atoms with Crippen LogP contribution >= 0.6 is 11.6 Å². The second-order valence-corrected chi connectivity index (χ2v) is 11.2. The first-order chi connectivity index (χ1) is 18.6. The van der Waals surface area contributed by atoms with Gasteiger partial charge in [-0.1, -0.05) is 36.6 Å². The summed E-state index contributed by atoms with van der Waals surface area (Å²) in [6.07, 6.45) is 0.976. The maximum Gasteiger partial charge on any atom is 0.435 e. The van der Waals surface area contributed by atoms with Crippen LogP contribution in [0.15, 0.2) is 12.1 Å². The van der Waals surface area contributed by atoms with Crippen molar-refractivity contribution in [1.82, 2.24) is 24.8 Å². The molecule has 1 saturated carbocycles. The number of alkyl halides is 3. The second-order valence-electron chi connectivity index (χ2n) is 10.8. The highest BCUT2D eigenvalue weighted by atomic mass is 35.5. The number of halogens is 4. The summed E-state index contributed by atoms with van der Waals surface area (Å²) in [5.41, 5.74) is 0.136. The first-order valence-corrected chi connectivity index (χ1v) is 13.9. The first-order valence-electron chi connectivity index (χ1n) is 13.5. The van der Waals surface area contributed by atoms with Crippen molar-refractivity contribution in [3.63, 3.8) is 0 Å². The molecule has 2 aliphatic heterocycles. The minimum atomic E-state index is -4.64. The predicted molar refractivity (Wildman–Crippen MR) is 137 cm³/mol. The number of aryl methyl sites for hydroxylation is 1. The minimum Gasteiger partial charge on any atom is -0.487 e.